The number of benzene rings is 2. The summed E-state index contributed by atoms with van der Waals surface area (Å²) in [5, 5.41) is 6.52. The highest BCUT2D eigenvalue weighted by molar-refractivity contribution is 7.89. The van der Waals surface area contributed by atoms with Crippen LogP contribution in [0.1, 0.15) is 43.7 Å². The number of hydrogen-bond acceptors (Lipinski definition) is 6. The first-order valence-corrected chi connectivity index (χ1v) is 14.2. The molecule has 11 heteroatoms. The molecule has 3 aromatic rings. The van der Waals surface area contributed by atoms with Crippen molar-refractivity contribution in [1.29, 1.82) is 0 Å². The monoisotopic (exact) mass is 559 g/mol. The molecular formula is C27H30ClN3O6S. The minimum Gasteiger partial charge on any atom is -0.451 e. The van der Waals surface area contributed by atoms with E-state index in [4.69, 9.17) is 16.0 Å². The molecule has 1 saturated heterocycles. The highest BCUT2D eigenvalue weighted by Crippen LogP contribution is 2.23. The number of nitrogens with zero attached hydrogens (tertiary/aromatic N) is 1. The second-order valence-electron chi connectivity index (χ2n) is 9.77. The number of halogens is 1. The molecule has 0 saturated carbocycles. The molecule has 2 heterocycles. The van der Waals surface area contributed by atoms with Gasteiger partial charge in [-0.1, -0.05) is 49.7 Å². The molecule has 38 heavy (non-hydrogen) atoms. The number of fused-ring (bicyclic) bond motifs is 1. The van der Waals surface area contributed by atoms with Crippen molar-refractivity contribution in [3.8, 4) is 0 Å². The van der Waals surface area contributed by atoms with Crippen molar-refractivity contribution < 1.29 is 27.2 Å². The molecule has 1 aliphatic rings. The van der Waals surface area contributed by atoms with Crippen LogP contribution in [-0.2, 0) is 19.6 Å². The highest BCUT2D eigenvalue weighted by Gasteiger charge is 2.34. The molecule has 1 unspecified atom stereocenters. The molecule has 4 rings (SSSR count). The Labute approximate surface area is 226 Å². The lowest BCUT2D eigenvalue weighted by atomic mass is 10.0. The fraction of sp³-hybridized carbons (Fsp3) is 0.370. The predicted octanol–water partition coefficient (Wildman–Crippen LogP) is 3.77. The standard InChI is InChI=1S/C27H30ClN3O6S/c1-17(2)13-22(30-27(34)25-14-18-7-3-4-11-24(18)37-25)26(33)29-21-10-6-12-31(16-23(21)32)38(35,36)20-9-5-8-19(28)15-20/h3-5,7-9,11,14-15,17,21-22H,6,10,12-13,16H2,1-2H3,(H,29,33)(H,30,34)/t21?,22-/m0/s1. The van der Waals surface area contributed by atoms with Crippen LogP contribution in [0.15, 0.2) is 63.9 Å². The molecule has 2 aromatic carbocycles. The molecule has 1 aromatic heterocycles. The van der Waals surface area contributed by atoms with Crippen LogP contribution in [0.25, 0.3) is 11.0 Å². The van der Waals surface area contributed by atoms with Gasteiger partial charge in [-0.25, -0.2) is 8.42 Å². The Morgan fingerprint density at radius 3 is 2.61 bits per heavy atom. The van der Waals surface area contributed by atoms with E-state index in [1.807, 2.05) is 26.0 Å². The van der Waals surface area contributed by atoms with Gasteiger partial charge in [0.2, 0.25) is 15.9 Å². The van der Waals surface area contributed by atoms with Crippen LogP contribution in [0, 0.1) is 5.92 Å². The summed E-state index contributed by atoms with van der Waals surface area (Å²) in [4.78, 5) is 39.2. The molecule has 2 atom stereocenters. The number of furan rings is 1. The number of carbonyl (C=O) groups is 3. The van der Waals surface area contributed by atoms with Gasteiger partial charge in [0.1, 0.15) is 11.6 Å². The van der Waals surface area contributed by atoms with Crippen LogP contribution in [0.2, 0.25) is 5.02 Å². The number of carbonyl (C=O) groups excluding carboxylic acids is 3. The molecule has 9 nitrogen and oxygen atoms in total. The third-order valence-corrected chi connectivity index (χ3v) is 8.43. The Balaban J connectivity index is 1.44. The van der Waals surface area contributed by atoms with E-state index in [1.165, 1.54) is 18.2 Å². The number of amides is 2. The smallest absolute Gasteiger partial charge is 0.287 e. The number of rotatable bonds is 8. The largest absolute Gasteiger partial charge is 0.451 e. The number of sulfonamides is 1. The lowest BCUT2D eigenvalue weighted by Crippen LogP contribution is -2.52. The molecule has 0 spiro atoms. The molecule has 2 N–H and O–H groups in total. The molecule has 202 valence electrons. The third-order valence-electron chi connectivity index (χ3n) is 6.35. The highest BCUT2D eigenvalue weighted by atomic mass is 35.5. The van der Waals surface area contributed by atoms with E-state index in [1.54, 1.807) is 24.3 Å². The van der Waals surface area contributed by atoms with Crippen molar-refractivity contribution in [2.24, 2.45) is 5.92 Å². The zero-order valence-corrected chi connectivity index (χ0v) is 22.7. The van der Waals surface area contributed by atoms with Crippen LogP contribution >= 0.6 is 11.6 Å². The lowest BCUT2D eigenvalue weighted by molar-refractivity contribution is -0.129. The summed E-state index contributed by atoms with van der Waals surface area (Å²) in [6.45, 7) is 3.59. The predicted molar refractivity (Wildman–Crippen MR) is 143 cm³/mol. The third kappa shape index (κ3) is 6.43. The Morgan fingerprint density at radius 2 is 1.89 bits per heavy atom. The number of nitrogens with one attached hydrogen (secondary N) is 2. The van der Waals surface area contributed by atoms with Crippen molar-refractivity contribution in [2.45, 2.75) is 50.1 Å². The van der Waals surface area contributed by atoms with E-state index in [0.717, 1.165) is 9.69 Å². The quantitative estimate of drug-likeness (QED) is 0.433. The van der Waals surface area contributed by atoms with Crippen molar-refractivity contribution in [1.82, 2.24) is 14.9 Å². The number of para-hydroxylation sites is 1. The maximum atomic E-state index is 13.2. The van der Waals surface area contributed by atoms with E-state index in [0.29, 0.717) is 18.4 Å². The van der Waals surface area contributed by atoms with Crippen molar-refractivity contribution in [3.05, 3.63) is 65.4 Å². The van der Waals surface area contributed by atoms with Crippen molar-refractivity contribution in [3.63, 3.8) is 0 Å². The van der Waals surface area contributed by atoms with E-state index in [2.05, 4.69) is 10.6 Å². The first-order chi connectivity index (χ1) is 18.0. The average molecular weight is 560 g/mol. The van der Waals surface area contributed by atoms with E-state index in [9.17, 15) is 22.8 Å². The van der Waals surface area contributed by atoms with E-state index >= 15 is 0 Å². The van der Waals surface area contributed by atoms with Gasteiger partial charge in [-0.05, 0) is 55.5 Å². The first kappa shape index (κ1) is 27.8. The number of ketones is 1. The van der Waals surface area contributed by atoms with E-state index in [-0.39, 0.29) is 41.1 Å². The van der Waals surface area contributed by atoms with Gasteiger partial charge in [0.05, 0.1) is 17.5 Å². The summed E-state index contributed by atoms with van der Waals surface area (Å²) in [6.07, 6.45) is 0.989. The summed E-state index contributed by atoms with van der Waals surface area (Å²) in [5.74, 6) is -1.31. The molecule has 0 bridgehead atoms. The van der Waals surface area contributed by atoms with Crippen molar-refractivity contribution >= 4 is 50.2 Å². The fourth-order valence-corrected chi connectivity index (χ4v) is 6.17. The number of Topliss-reactive ketones (excluding diaryl/α,β-unsaturated/α-hetero) is 1. The summed E-state index contributed by atoms with van der Waals surface area (Å²) < 4.78 is 32.9. The fourth-order valence-electron chi connectivity index (χ4n) is 4.43. The SMILES string of the molecule is CC(C)C[C@H](NC(=O)c1cc2ccccc2o1)C(=O)NC1CCCN(S(=O)(=O)c2cccc(Cl)c2)CC1=O. The second-order valence-corrected chi connectivity index (χ2v) is 12.1. The van der Waals surface area contributed by atoms with Gasteiger partial charge >= 0.3 is 0 Å². The Morgan fingerprint density at radius 1 is 1.13 bits per heavy atom. The van der Waals surface area contributed by atoms with Crippen LogP contribution < -0.4 is 10.6 Å². The maximum absolute atomic E-state index is 13.2. The first-order valence-electron chi connectivity index (χ1n) is 12.4. The van der Waals surface area contributed by atoms with Crippen LogP contribution in [-0.4, -0.2) is 55.5 Å². The van der Waals surface area contributed by atoms with Gasteiger partial charge in [0, 0.05) is 17.0 Å². The summed E-state index contributed by atoms with van der Waals surface area (Å²) in [6, 6.07) is 12.9. The summed E-state index contributed by atoms with van der Waals surface area (Å²) >= 11 is 5.96. The molecular weight excluding hydrogens is 530 g/mol. The van der Waals surface area contributed by atoms with Gasteiger partial charge < -0.3 is 15.1 Å². The zero-order valence-electron chi connectivity index (χ0n) is 21.1. The average Bonchev–Trinajstić information content (AvgIpc) is 3.22. The Bertz CT molecular complexity index is 1420. The molecule has 2 amide bonds. The molecule has 0 radical (unpaired) electrons. The Hall–Kier alpha value is -3.21. The van der Waals surface area contributed by atoms with Gasteiger partial charge in [-0.15, -0.1) is 0 Å². The van der Waals surface area contributed by atoms with Gasteiger partial charge in [0.15, 0.2) is 11.5 Å². The molecule has 0 aliphatic carbocycles. The Kier molecular flexibility index (Phi) is 8.54. The normalized spacial score (nSPS) is 17.8. The van der Waals surface area contributed by atoms with Gasteiger partial charge in [0.25, 0.3) is 5.91 Å². The number of hydrogen-bond donors (Lipinski definition) is 2. The minimum atomic E-state index is -3.93. The van der Waals surface area contributed by atoms with Crippen molar-refractivity contribution in [2.75, 3.05) is 13.1 Å². The van der Waals surface area contributed by atoms with Crippen LogP contribution in [0.4, 0.5) is 0 Å². The lowest BCUT2D eigenvalue weighted by Gasteiger charge is -2.23. The topological polar surface area (TPSA) is 126 Å². The second kappa shape index (κ2) is 11.7. The summed E-state index contributed by atoms with van der Waals surface area (Å²) in [7, 11) is -3.93. The zero-order chi connectivity index (χ0) is 27.4. The van der Waals surface area contributed by atoms with E-state index < -0.39 is 39.7 Å². The molecule has 1 fully saturated rings. The van der Waals surface area contributed by atoms with Crippen LogP contribution in [0.5, 0.6) is 0 Å². The molecule has 1 aliphatic heterocycles. The minimum absolute atomic E-state index is 0.00517. The van der Waals surface area contributed by atoms with Crippen LogP contribution in [0.3, 0.4) is 0 Å². The summed E-state index contributed by atoms with van der Waals surface area (Å²) in [5.41, 5.74) is 0.559. The van der Waals surface area contributed by atoms with Gasteiger partial charge in [-0.2, -0.15) is 4.31 Å². The maximum Gasteiger partial charge on any atom is 0.287 e. The van der Waals surface area contributed by atoms with Gasteiger partial charge in [-0.3, -0.25) is 14.4 Å².